The first-order chi connectivity index (χ1) is 7.74. The number of unbranched alkanes of at least 4 members (excludes halogenated alkanes) is 1. The van der Waals surface area contributed by atoms with Crippen molar-refractivity contribution in [2.75, 3.05) is 5.88 Å². The molecule has 0 unspecified atom stereocenters. The average molecular weight is 257 g/mol. The minimum absolute atomic E-state index is 0.0673. The maximum atomic E-state index is 12.0. The highest BCUT2D eigenvalue weighted by Gasteiger charge is 2.07. The molecule has 2 heterocycles. The molecular weight excluding hydrogens is 244 g/mol. The summed E-state index contributed by atoms with van der Waals surface area (Å²) in [5.41, 5.74) is 1.98. The minimum atomic E-state index is 0.0673. The molecule has 86 valence electrons. The van der Waals surface area contributed by atoms with E-state index in [1.807, 2.05) is 12.3 Å². The van der Waals surface area contributed by atoms with E-state index in [4.69, 9.17) is 11.6 Å². The Morgan fingerprint density at radius 2 is 2.31 bits per heavy atom. The summed E-state index contributed by atoms with van der Waals surface area (Å²) >= 11 is 7.08. The van der Waals surface area contributed by atoms with Crippen molar-refractivity contribution in [3.8, 4) is 0 Å². The molecule has 0 aromatic carbocycles. The van der Waals surface area contributed by atoms with Gasteiger partial charge in [0.25, 0.3) is 5.56 Å². The van der Waals surface area contributed by atoms with E-state index in [0.717, 1.165) is 28.6 Å². The molecule has 0 N–H and O–H groups in total. The largest absolute Gasteiger partial charge is 0.298 e. The van der Waals surface area contributed by atoms with Crippen LogP contribution in [0, 0.1) is 6.92 Å². The summed E-state index contributed by atoms with van der Waals surface area (Å²) in [6.07, 6.45) is 3.48. The van der Waals surface area contributed by atoms with Crippen LogP contribution in [0.1, 0.15) is 18.4 Å². The van der Waals surface area contributed by atoms with Crippen LogP contribution in [0.2, 0.25) is 0 Å². The second-order valence-electron chi connectivity index (χ2n) is 3.74. The maximum Gasteiger partial charge on any atom is 0.271 e. The van der Waals surface area contributed by atoms with Gasteiger partial charge in [0.1, 0.15) is 4.70 Å². The number of nitrogens with zero attached hydrogens (tertiary/aromatic N) is 2. The summed E-state index contributed by atoms with van der Waals surface area (Å²) in [6, 6.07) is 0. The molecule has 3 nitrogen and oxygen atoms in total. The first-order valence-electron chi connectivity index (χ1n) is 5.23. The predicted octanol–water partition coefficient (Wildman–Crippen LogP) is 2.79. The molecule has 0 saturated carbocycles. The summed E-state index contributed by atoms with van der Waals surface area (Å²) in [6.45, 7) is 2.68. The number of halogens is 1. The van der Waals surface area contributed by atoms with Gasteiger partial charge < -0.3 is 0 Å². The number of alkyl halides is 1. The predicted molar refractivity (Wildman–Crippen MR) is 68.6 cm³/mol. The Balaban J connectivity index is 2.34. The highest BCUT2D eigenvalue weighted by atomic mass is 35.5. The fourth-order valence-corrected chi connectivity index (χ4v) is 2.74. The van der Waals surface area contributed by atoms with Crippen LogP contribution in [0.4, 0.5) is 0 Å². The van der Waals surface area contributed by atoms with Crippen molar-refractivity contribution < 1.29 is 0 Å². The number of thiophene rings is 1. The summed E-state index contributed by atoms with van der Waals surface area (Å²) in [5, 5.41) is 1.97. The van der Waals surface area contributed by atoms with Crippen LogP contribution < -0.4 is 5.56 Å². The van der Waals surface area contributed by atoms with Crippen LogP contribution in [0.15, 0.2) is 16.5 Å². The Morgan fingerprint density at radius 3 is 3.06 bits per heavy atom. The molecule has 0 aliphatic rings. The molecule has 0 radical (unpaired) electrons. The van der Waals surface area contributed by atoms with E-state index < -0.39 is 0 Å². The standard InChI is InChI=1S/C11H13ClN2OS/c1-8-6-16-10-9(8)13-7-14(11(10)15)5-3-2-4-12/h6-7H,2-5H2,1H3. The van der Waals surface area contributed by atoms with Gasteiger partial charge in [-0.25, -0.2) is 4.98 Å². The molecule has 2 aromatic heterocycles. The number of aromatic nitrogens is 2. The van der Waals surface area contributed by atoms with Gasteiger partial charge in [0.2, 0.25) is 0 Å². The average Bonchev–Trinajstić information content (AvgIpc) is 2.65. The van der Waals surface area contributed by atoms with Gasteiger partial charge in [0.05, 0.1) is 11.8 Å². The van der Waals surface area contributed by atoms with E-state index in [-0.39, 0.29) is 5.56 Å². The molecule has 2 aromatic rings. The van der Waals surface area contributed by atoms with Crippen molar-refractivity contribution in [2.45, 2.75) is 26.3 Å². The Labute approximate surface area is 103 Å². The van der Waals surface area contributed by atoms with Crippen LogP contribution in [-0.4, -0.2) is 15.4 Å². The second-order valence-corrected chi connectivity index (χ2v) is 4.99. The zero-order chi connectivity index (χ0) is 11.5. The number of hydrogen-bond acceptors (Lipinski definition) is 3. The number of rotatable bonds is 4. The molecular formula is C11H13ClN2OS. The lowest BCUT2D eigenvalue weighted by Gasteiger charge is -2.03. The van der Waals surface area contributed by atoms with Crippen molar-refractivity contribution in [1.82, 2.24) is 9.55 Å². The van der Waals surface area contributed by atoms with Gasteiger partial charge in [0.15, 0.2) is 0 Å². The van der Waals surface area contributed by atoms with Crippen LogP contribution >= 0.6 is 22.9 Å². The molecule has 2 rings (SSSR count). The highest BCUT2D eigenvalue weighted by molar-refractivity contribution is 7.17. The first kappa shape index (κ1) is 11.6. The van der Waals surface area contributed by atoms with Crippen LogP contribution in [-0.2, 0) is 6.54 Å². The maximum absolute atomic E-state index is 12.0. The topological polar surface area (TPSA) is 34.9 Å². The summed E-state index contributed by atoms with van der Waals surface area (Å²) in [7, 11) is 0. The van der Waals surface area contributed by atoms with Crippen LogP contribution in [0.5, 0.6) is 0 Å². The van der Waals surface area contributed by atoms with Gasteiger partial charge in [-0.1, -0.05) is 0 Å². The molecule has 0 atom stereocenters. The summed E-state index contributed by atoms with van der Waals surface area (Å²) in [5.74, 6) is 0.641. The van der Waals surface area contributed by atoms with Gasteiger partial charge in [-0.2, -0.15) is 0 Å². The normalized spacial score (nSPS) is 11.1. The lowest BCUT2D eigenvalue weighted by Crippen LogP contribution is -2.19. The molecule has 0 fully saturated rings. The van der Waals surface area contributed by atoms with E-state index in [0.29, 0.717) is 12.4 Å². The van der Waals surface area contributed by atoms with Crippen LogP contribution in [0.3, 0.4) is 0 Å². The molecule has 5 heteroatoms. The van der Waals surface area contributed by atoms with Gasteiger partial charge in [0, 0.05) is 12.4 Å². The molecule has 0 saturated heterocycles. The van der Waals surface area contributed by atoms with Crippen molar-refractivity contribution in [1.29, 1.82) is 0 Å². The lowest BCUT2D eigenvalue weighted by molar-refractivity contribution is 0.611. The second kappa shape index (κ2) is 4.97. The number of fused-ring (bicyclic) bond motifs is 1. The third-order valence-corrected chi connectivity index (χ3v) is 3.85. The Morgan fingerprint density at radius 1 is 1.50 bits per heavy atom. The molecule has 0 amide bonds. The van der Waals surface area contributed by atoms with E-state index >= 15 is 0 Å². The van der Waals surface area contributed by atoms with Gasteiger partial charge in [-0.3, -0.25) is 9.36 Å². The van der Waals surface area contributed by atoms with Gasteiger partial charge in [-0.15, -0.1) is 22.9 Å². The van der Waals surface area contributed by atoms with Crippen molar-refractivity contribution in [3.05, 3.63) is 27.6 Å². The van der Waals surface area contributed by atoms with Gasteiger partial charge in [-0.05, 0) is 30.7 Å². The quantitative estimate of drug-likeness (QED) is 0.623. The monoisotopic (exact) mass is 256 g/mol. The SMILES string of the molecule is Cc1csc2c(=O)n(CCCCCl)cnc12. The van der Waals surface area contributed by atoms with E-state index in [1.165, 1.54) is 11.3 Å². The Hall–Kier alpha value is -0.870. The smallest absolute Gasteiger partial charge is 0.271 e. The fourth-order valence-electron chi connectivity index (χ4n) is 1.60. The Kier molecular flexibility index (Phi) is 3.61. The zero-order valence-corrected chi connectivity index (χ0v) is 10.6. The molecule has 16 heavy (non-hydrogen) atoms. The van der Waals surface area contributed by atoms with Gasteiger partial charge >= 0.3 is 0 Å². The van der Waals surface area contributed by atoms with Crippen molar-refractivity contribution >= 4 is 33.2 Å². The highest BCUT2D eigenvalue weighted by Crippen LogP contribution is 2.19. The van der Waals surface area contributed by atoms with Crippen LogP contribution in [0.25, 0.3) is 10.2 Å². The minimum Gasteiger partial charge on any atom is -0.298 e. The van der Waals surface area contributed by atoms with E-state index in [1.54, 1.807) is 10.9 Å². The third-order valence-electron chi connectivity index (χ3n) is 2.51. The summed E-state index contributed by atoms with van der Waals surface area (Å²) < 4.78 is 2.43. The summed E-state index contributed by atoms with van der Waals surface area (Å²) in [4.78, 5) is 16.4. The number of aryl methyl sites for hydroxylation is 2. The van der Waals surface area contributed by atoms with Crippen molar-refractivity contribution in [3.63, 3.8) is 0 Å². The van der Waals surface area contributed by atoms with Crippen molar-refractivity contribution in [2.24, 2.45) is 0 Å². The third kappa shape index (κ3) is 2.13. The number of hydrogen-bond donors (Lipinski definition) is 0. The molecule has 0 aliphatic heterocycles. The molecule has 0 spiro atoms. The molecule has 0 aliphatic carbocycles. The lowest BCUT2D eigenvalue weighted by atomic mass is 10.3. The zero-order valence-electron chi connectivity index (χ0n) is 9.07. The first-order valence-corrected chi connectivity index (χ1v) is 6.64. The van der Waals surface area contributed by atoms with E-state index in [2.05, 4.69) is 4.98 Å². The molecule has 0 bridgehead atoms. The Bertz CT molecular complexity index is 546. The van der Waals surface area contributed by atoms with E-state index in [9.17, 15) is 4.79 Å². The fraction of sp³-hybridized carbons (Fsp3) is 0.455.